The highest BCUT2D eigenvalue weighted by Crippen LogP contribution is 2.24. The average Bonchev–Trinajstić information content (AvgIpc) is 2.88. The van der Waals surface area contributed by atoms with Crippen LogP contribution in [0.2, 0.25) is 0 Å². The van der Waals surface area contributed by atoms with Crippen LogP contribution in [0.15, 0.2) is 24.3 Å². The van der Waals surface area contributed by atoms with E-state index in [4.69, 9.17) is 0 Å². The van der Waals surface area contributed by atoms with Crippen LogP contribution in [0.4, 0.5) is 4.39 Å². The minimum Gasteiger partial charge on any atom is -0.317 e. The van der Waals surface area contributed by atoms with E-state index in [1.54, 1.807) is 23.5 Å². The highest BCUT2D eigenvalue weighted by Gasteiger charge is 2.06. The Morgan fingerprint density at radius 1 is 1.16 bits per heavy atom. The van der Waals surface area contributed by atoms with Crippen LogP contribution in [0, 0.1) is 5.82 Å². The summed E-state index contributed by atoms with van der Waals surface area (Å²) < 4.78 is 12.8. The molecule has 1 aromatic carbocycles. The van der Waals surface area contributed by atoms with Gasteiger partial charge in [0.2, 0.25) is 0 Å². The van der Waals surface area contributed by atoms with Crippen LogP contribution in [0.5, 0.6) is 0 Å². The van der Waals surface area contributed by atoms with Crippen LogP contribution in [-0.4, -0.2) is 23.3 Å². The van der Waals surface area contributed by atoms with Crippen molar-refractivity contribution >= 4 is 11.3 Å². The smallest absolute Gasteiger partial charge is 0.147 e. The molecule has 1 N–H and O–H groups in total. The van der Waals surface area contributed by atoms with Crippen molar-refractivity contribution in [3.63, 3.8) is 0 Å². The molecule has 0 amide bonds. The number of rotatable bonds is 7. The summed E-state index contributed by atoms with van der Waals surface area (Å²) in [6, 6.07) is 6.38. The molecule has 0 radical (unpaired) electrons. The molecule has 0 saturated heterocycles. The first-order valence-corrected chi connectivity index (χ1v) is 7.40. The van der Waals surface area contributed by atoms with Crippen molar-refractivity contribution in [1.82, 2.24) is 15.5 Å². The lowest BCUT2D eigenvalue weighted by Crippen LogP contribution is -2.16. The van der Waals surface area contributed by atoms with E-state index >= 15 is 0 Å². The second-order valence-corrected chi connectivity index (χ2v) is 5.42. The standard InChI is InChI=1S/C14H18FN3S/c1-2-9-16-10-3-4-13-17-18-14(19-13)11-5-7-12(15)8-6-11/h5-8,16H,2-4,9-10H2,1H3. The van der Waals surface area contributed by atoms with E-state index in [0.29, 0.717) is 0 Å². The fourth-order valence-corrected chi connectivity index (χ4v) is 2.62. The summed E-state index contributed by atoms with van der Waals surface area (Å²) in [4.78, 5) is 0. The van der Waals surface area contributed by atoms with E-state index in [-0.39, 0.29) is 5.82 Å². The van der Waals surface area contributed by atoms with Gasteiger partial charge in [0, 0.05) is 12.0 Å². The van der Waals surface area contributed by atoms with Crippen LogP contribution in [0.3, 0.4) is 0 Å². The minimum atomic E-state index is -0.226. The molecule has 0 aliphatic carbocycles. The van der Waals surface area contributed by atoms with Crippen molar-refractivity contribution in [3.05, 3.63) is 35.1 Å². The quantitative estimate of drug-likeness (QED) is 0.790. The number of nitrogens with one attached hydrogen (secondary N) is 1. The number of aromatic nitrogens is 2. The van der Waals surface area contributed by atoms with Gasteiger partial charge in [-0.25, -0.2) is 4.39 Å². The van der Waals surface area contributed by atoms with E-state index in [1.807, 2.05) is 0 Å². The molecule has 19 heavy (non-hydrogen) atoms. The van der Waals surface area contributed by atoms with Crippen molar-refractivity contribution in [2.24, 2.45) is 0 Å². The molecule has 0 saturated carbocycles. The predicted octanol–water partition coefficient (Wildman–Crippen LogP) is 3.28. The number of halogens is 1. The van der Waals surface area contributed by atoms with Crippen LogP contribution in [0.25, 0.3) is 10.6 Å². The average molecular weight is 279 g/mol. The largest absolute Gasteiger partial charge is 0.317 e. The van der Waals surface area contributed by atoms with Gasteiger partial charge in [-0.3, -0.25) is 0 Å². The Balaban J connectivity index is 1.86. The van der Waals surface area contributed by atoms with Gasteiger partial charge in [-0.15, -0.1) is 10.2 Å². The Labute approximate surface area is 116 Å². The van der Waals surface area contributed by atoms with Crippen molar-refractivity contribution in [2.45, 2.75) is 26.2 Å². The highest BCUT2D eigenvalue weighted by molar-refractivity contribution is 7.14. The second kappa shape index (κ2) is 7.31. The number of nitrogens with zero attached hydrogens (tertiary/aromatic N) is 2. The van der Waals surface area contributed by atoms with Crippen LogP contribution < -0.4 is 5.32 Å². The lowest BCUT2D eigenvalue weighted by molar-refractivity contribution is 0.628. The van der Waals surface area contributed by atoms with Crippen molar-refractivity contribution in [3.8, 4) is 10.6 Å². The maximum absolute atomic E-state index is 12.8. The van der Waals surface area contributed by atoms with E-state index in [9.17, 15) is 4.39 Å². The maximum atomic E-state index is 12.8. The summed E-state index contributed by atoms with van der Waals surface area (Å²) in [5, 5.41) is 13.6. The summed E-state index contributed by atoms with van der Waals surface area (Å²) in [5.41, 5.74) is 0.925. The lowest BCUT2D eigenvalue weighted by atomic mass is 10.2. The molecule has 0 spiro atoms. The van der Waals surface area contributed by atoms with Crippen LogP contribution in [0.1, 0.15) is 24.8 Å². The summed E-state index contributed by atoms with van der Waals surface area (Å²) in [6.45, 7) is 4.24. The Morgan fingerprint density at radius 3 is 2.68 bits per heavy atom. The zero-order valence-electron chi connectivity index (χ0n) is 11.0. The van der Waals surface area contributed by atoms with Gasteiger partial charge in [0.15, 0.2) is 0 Å². The SMILES string of the molecule is CCCNCCCc1nnc(-c2ccc(F)cc2)s1. The molecular weight excluding hydrogens is 261 g/mol. The van der Waals surface area contributed by atoms with Gasteiger partial charge >= 0.3 is 0 Å². The predicted molar refractivity (Wildman–Crippen MR) is 76.8 cm³/mol. The molecule has 1 heterocycles. The van der Waals surface area contributed by atoms with Crippen molar-refractivity contribution < 1.29 is 4.39 Å². The number of hydrogen-bond donors (Lipinski definition) is 1. The summed E-state index contributed by atoms with van der Waals surface area (Å²) >= 11 is 1.58. The zero-order valence-corrected chi connectivity index (χ0v) is 11.8. The zero-order chi connectivity index (χ0) is 13.5. The van der Waals surface area contributed by atoms with Gasteiger partial charge < -0.3 is 5.32 Å². The number of benzene rings is 1. The third-order valence-electron chi connectivity index (χ3n) is 2.73. The van der Waals surface area contributed by atoms with Crippen LogP contribution in [-0.2, 0) is 6.42 Å². The normalized spacial score (nSPS) is 10.8. The van der Waals surface area contributed by atoms with Gasteiger partial charge in [0.25, 0.3) is 0 Å². The molecule has 0 atom stereocenters. The summed E-state index contributed by atoms with van der Waals surface area (Å²) in [7, 11) is 0. The van der Waals surface area contributed by atoms with Gasteiger partial charge in [0.05, 0.1) is 0 Å². The molecule has 102 valence electrons. The number of aryl methyl sites for hydroxylation is 1. The fourth-order valence-electron chi connectivity index (χ4n) is 1.73. The Morgan fingerprint density at radius 2 is 1.95 bits per heavy atom. The molecule has 3 nitrogen and oxygen atoms in total. The van der Waals surface area contributed by atoms with Crippen LogP contribution >= 0.6 is 11.3 Å². The highest BCUT2D eigenvalue weighted by atomic mass is 32.1. The first kappa shape index (κ1) is 14.1. The molecule has 0 aliphatic rings. The molecule has 2 rings (SSSR count). The second-order valence-electron chi connectivity index (χ2n) is 4.36. The lowest BCUT2D eigenvalue weighted by Gasteiger charge is -1.99. The molecule has 0 bridgehead atoms. The molecular formula is C14H18FN3S. The molecule has 1 aromatic heterocycles. The van der Waals surface area contributed by atoms with Gasteiger partial charge in [0.1, 0.15) is 15.8 Å². The third-order valence-corrected chi connectivity index (χ3v) is 3.76. The van der Waals surface area contributed by atoms with E-state index in [1.165, 1.54) is 12.1 Å². The minimum absolute atomic E-state index is 0.226. The Bertz CT molecular complexity index is 496. The molecule has 0 fully saturated rings. The fraction of sp³-hybridized carbons (Fsp3) is 0.429. The monoisotopic (exact) mass is 279 g/mol. The maximum Gasteiger partial charge on any atom is 0.147 e. The van der Waals surface area contributed by atoms with Crippen molar-refractivity contribution in [1.29, 1.82) is 0 Å². The van der Waals surface area contributed by atoms with Gasteiger partial charge in [-0.2, -0.15) is 0 Å². The first-order chi connectivity index (χ1) is 9.29. The summed E-state index contributed by atoms with van der Waals surface area (Å²) in [5.74, 6) is -0.226. The Kier molecular flexibility index (Phi) is 5.42. The van der Waals surface area contributed by atoms with Gasteiger partial charge in [-0.1, -0.05) is 18.3 Å². The molecule has 0 aliphatic heterocycles. The Hall–Kier alpha value is -1.33. The summed E-state index contributed by atoms with van der Waals surface area (Å²) in [6.07, 6.45) is 3.17. The molecule has 2 aromatic rings. The number of hydrogen-bond acceptors (Lipinski definition) is 4. The molecule has 5 heteroatoms. The van der Waals surface area contributed by atoms with Crippen molar-refractivity contribution in [2.75, 3.05) is 13.1 Å². The van der Waals surface area contributed by atoms with Gasteiger partial charge in [-0.05, 0) is 50.2 Å². The third kappa shape index (κ3) is 4.36. The topological polar surface area (TPSA) is 37.8 Å². The van der Waals surface area contributed by atoms with E-state index in [0.717, 1.165) is 47.9 Å². The molecule has 0 unspecified atom stereocenters. The first-order valence-electron chi connectivity index (χ1n) is 6.58. The van der Waals surface area contributed by atoms with E-state index in [2.05, 4.69) is 22.4 Å². The van der Waals surface area contributed by atoms with E-state index < -0.39 is 0 Å².